The van der Waals surface area contributed by atoms with Crippen molar-refractivity contribution in [3.63, 3.8) is 0 Å². The Hall–Kier alpha value is -6.42. The molecular weight excluding hydrogens is 637 g/mol. The van der Waals surface area contributed by atoms with Crippen LogP contribution in [0.4, 0.5) is 0 Å². The minimum absolute atomic E-state index is 0.710. The number of fused-ring (bicyclic) bond motifs is 5. The Labute approximate surface area is 300 Å². The lowest BCUT2D eigenvalue weighted by Crippen LogP contribution is -1.97. The molecule has 0 N–H and O–H groups in total. The van der Waals surface area contributed by atoms with Gasteiger partial charge in [0.25, 0.3) is 0 Å². The van der Waals surface area contributed by atoms with E-state index in [0.717, 1.165) is 28.1 Å². The first-order valence-corrected chi connectivity index (χ1v) is 18.1. The zero-order valence-electron chi connectivity index (χ0n) is 27.6. The zero-order chi connectivity index (χ0) is 33.7. The van der Waals surface area contributed by atoms with Crippen LogP contribution in [0.5, 0.6) is 0 Å². The lowest BCUT2D eigenvalue weighted by atomic mass is 9.91. The van der Waals surface area contributed by atoms with E-state index in [9.17, 15) is 0 Å². The number of benzene rings is 8. The van der Waals surface area contributed by atoms with Gasteiger partial charge in [0, 0.05) is 36.9 Å². The summed E-state index contributed by atoms with van der Waals surface area (Å²) in [5.41, 5.74) is 9.80. The minimum atomic E-state index is 0.710. The summed E-state index contributed by atoms with van der Waals surface area (Å²) < 4.78 is 2.63. The highest BCUT2D eigenvalue weighted by molar-refractivity contribution is 7.25. The fraction of sp³-hybridized carbons (Fsp3) is 0. The average molecular weight is 667 g/mol. The molecule has 0 saturated carbocycles. The molecule has 0 spiro atoms. The highest BCUT2D eigenvalue weighted by atomic mass is 32.1. The van der Waals surface area contributed by atoms with E-state index in [1.54, 1.807) is 0 Å². The first-order chi connectivity index (χ1) is 25.3. The van der Waals surface area contributed by atoms with Crippen LogP contribution in [0, 0.1) is 0 Å². The monoisotopic (exact) mass is 666 g/mol. The lowest BCUT2D eigenvalue weighted by Gasteiger charge is -2.15. The van der Waals surface area contributed by atoms with Crippen molar-refractivity contribution >= 4 is 53.1 Å². The second-order valence-electron chi connectivity index (χ2n) is 12.9. The van der Waals surface area contributed by atoms with E-state index in [2.05, 4.69) is 164 Å². The fourth-order valence-electron chi connectivity index (χ4n) is 7.50. The Balaban J connectivity index is 1.17. The lowest BCUT2D eigenvalue weighted by molar-refractivity contribution is 1.19. The maximum atomic E-state index is 5.26. The topological polar surface area (TPSA) is 25.8 Å². The second kappa shape index (κ2) is 12.2. The molecule has 0 radical (unpaired) electrons. The summed E-state index contributed by atoms with van der Waals surface area (Å²) in [6.07, 6.45) is 0. The van der Waals surface area contributed by atoms with Crippen molar-refractivity contribution in [2.75, 3.05) is 0 Å². The van der Waals surface area contributed by atoms with Gasteiger partial charge < -0.3 is 0 Å². The van der Waals surface area contributed by atoms with Gasteiger partial charge in [-0.2, -0.15) is 0 Å². The summed E-state index contributed by atoms with van der Waals surface area (Å²) >= 11 is 1.85. The molecule has 2 heterocycles. The third kappa shape index (κ3) is 5.10. The number of thiophene rings is 1. The van der Waals surface area contributed by atoms with Crippen LogP contribution in [-0.2, 0) is 0 Å². The summed E-state index contributed by atoms with van der Waals surface area (Å²) in [6.45, 7) is 0. The molecule has 0 bridgehead atoms. The van der Waals surface area contributed by atoms with Gasteiger partial charge in [-0.25, -0.2) is 9.97 Å². The largest absolute Gasteiger partial charge is 0.228 e. The average Bonchev–Trinajstić information content (AvgIpc) is 3.58. The van der Waals surface area contributed by atoms with Crippen LogP contribution in [0.2, 0.25) is 0 Å². The molecular formula is C48H30N2S. The van der Waals surface area contributed by atoms with Crippen molar-refractivity contribution < 1.29 is 0 Å². The van der Waals surface area contributed by atoms with Crippen molar-refractivity contribution in [1.29, 1.82) is 0 Å². The summed E-state index contributed by atoms with van der Waals surface area (Å²) in [7, 11) is 0. The van der Waals surface area contributed by atoms with Gasteiger partial charge in [-0.1, -0.05) is 158 Å². The quantitative estimate of drug-likeness (QED) is 0.183. The maximum absolute atomic E-state index is 5.26. The van der Waals surface area contributed by atoms with Crippen molar-refractivity contribution in [3.05, 3.63) is 182 Å². The van der Waals surface area contributed by atoms with E-state index < -0.39 is 0 Å². The molecule has 3 heteroatoms. The van der Waals surface area contributed by atoms with E-state index >= 15 is 0 Å². The number of rotatable bonds is 5. The molecule has 0 aliphatic carbocycles. The molecule has 0 atom stereocenters. The normalized spacial score (nSPS) is 11.5. The first-order valence-electron chi connectivity index (χ1n) is 17.2. The van der Waals surface area contributed by atoms with E-state index in [4.69, 9.17) is 9.97 Å². The molecule has 238 valence electrons. The molecule has 2 aromatic heterocycles. The van der Waals surface area contributed by atoms with Crippen molar-refractivity contribution in [2.24, 2.45) is 0 Å². The zero-order valence-corrected chi connectivity index (χ0v) is 28.4. The number of hydrogen-bond acceptors (Lipinski definition) is 3. The molecule has 51 heavy (non-hydrogen) atoms. The molecule has 8 aromatic carbocycles. The van der Waals surface area contributed by atoms with E-state index in [-0.39, 0.29) is 0 Å². The van der Waals surface area contributed by atoms with Gasteiger partial charge in [-0.05, 0) is 68.1 Å². The van der Waals surface area contributed by atoms with E-state index in [1.807, 2.05) is 29.5 Å². The van der Waals surface area contributed by atoms with Crippen LogP contribution >= 0.6 is 11.3 Å². The summed E-state index contributed by atoms with van der Waals surface area (Å²) in [5.74, 6) is 0.710. The Bertz CT molecular complexity index is 2910. The van der Waals surface area contributed by atoms with E-state index in [0.29, 0.717) is 5.82 Å². The summed E-state index contributed by atoms with van der Waals surface area (Å²) in [4.78, 5) is 10.5. The molecule has 0 aliphatic heterocycles. The predicted octanol–water partition coefficient (Wildman–Crippen LogP) is 13.5. The highest BCUT2D eigenvalue weighted by Gasteiger charge is 2.17. The molecule has 0 aliphatic rings. The van der Waals surface area contributed by atoms with Gasteiger partial charge in [0.1, 0.15) is 0 Å². The Kier molecular flexibility index (Phi) is 7.04. The number of nitrogens with zero attached hydrogens (tertiary/aromatic N) is 2. The van der Waals surface area contributed by atoms with Crippen molar-refractivity contribution in [2.45, 2.75) is 0 Å². The molecule has 0 saturated heterocycles. The summed E-state index contributed by atoms with van der Waals surface area (Å²) in [5, 5.41) is 7.35. The fourth-order valence-corrected chi connectivity index (χ4v) is 8.59. The van der Waals surface area contributed by atoms with Gasteiger partial charge in [0.15, 0.2) is 5.82 Å². The van der Waals surface area contributed by atoms with Crippen LogP contribution in [0.3, 0.4) is 0 Å². The molecule has 2 nitrogen and oxygen atoms in total. The van der Waals surface area contributed by atoms with Crippen LogP contribution in [0.1, 0.15) is 0 Å². The Morgan fingerprint density at radius 2 is 0.745 bits per heavy atom. The molecule has 0 unspecified atom stereocenters. The molecule has 10 rings (SSSR count). The van der Waals surface area contributed by atoms with Crippen LogP contribution < -0.4 is 0 Å². The first kappa shape index (κ1) is 29.5. The van der Waals surface area contributed by atoms with Crippen LogP contribution in [0.25, 0.3) is 97.9 Å². The van der Waals surface area contributed by atoms with E-state index in [1.165, 1.54) is 64.0 Å². The van der Waals surface area contributed by atoms with Gasteiger partial charge >= 0.3 is 0 Å². The maximum Gasteiger partial charge on any atom is 0.160 e. The smallest absolute Gasteiger partial charge is 0.160 e. The SMILES string of the molecule is c1ccc(-c2nc(-c3ccc(-c4ccccc4)c4ccccc34)cc(-c3ccc(-c4ccc5sc6ccccc6c5c4)c4ccccc34)n2)cc1. The van der Waals surface area contributed by atoms with Gasteiger partial charge in [-0.3, -0.25) is 0 Å². The Morgan fingerprint density at radius 3 is 1.35 bits per heavy atom. The van der Waals surface area contributed by atoms with Crippen molar-refractivity contribution in [1.82, 2.24) is 9.97 Å². The van der Waals surface area contributed by atoms with Crippen molar-refractivity contribution in [3.8, 4) is 56.2 Å². The molecule has 0 fully saturated rings. The van der Waals surface area contributed by atoms with Gasteiger partial charge in [-0.15, -0.1) is 11.3 Å². The second-order valence-corrected chi connectivity index (χ2v) is 14.0. The highest BCUT2D eigenvalue weighted by Crippen LogP contribution is 2.41. The number of hydrogen-bond donors (Lipinski definition) is 0. The number of aromatic nitrogens is 2. The third-order valence-corrected chi connectivity index (χ3v) is 11.1. The summed E-state index contributed by atoms with van der Waals surface area (Å²) in [6, 6.07) is 65.0. The standard InChI is InChI=1S/C48H30N2S/c1-3-13-31(14-4-1)34-24-26-40(38-19-9-7-17-36(34)38)44-30-45(50-48(49-44)32-15-5-2-6-16-32)41-27-25-35(37-18-8-10-20-39(37)41)33-23-28-47-43(29-33)42-21-11-12-22-46(42)51-47/h1-30H. The Morgan fingerprint density at radius 1 is 0.294 bits per heavy atom. The third-order valence-electron chi connectivity index (χ3n) is 9.93. The van der Waals surface area contributed by atoms with Gasteiger partial charge in [0.2, 0.25) is 0 Å². The van der Waals surface area contributed by atoms with Crippen LogP contribution in [0.15, 0.2) is 182 Å². The molecule has 10 aromatic rings. The van der Waals surface area contributed by atoms with Gasteiger partial charge in [0.05, 0.1) is 11.4 Å². The molecule has 0 amide bonds. The predicted molar refractivity (Wildman–Crippen MR) is 217 cm³/mol. The minimum Gasteiger partial charge on any atom is -0.228 e. The van der Waals surface area contributed by atoms with Crippen LogP contribution in [-0.4, -0.2) is 9.97 Å².